The van der Waals surface area contributed by atoms with Gasteiger partial charge in [0.1, 0.15) is 0 Å². The number of nitrogens with two attached hydrogens (primary N) is 1. The summed E-state index contributed by atoms with van der Waals surface area (Å²) >= 11 is 6.11. The monoisotopic (exact) mass is 282 g/mol. The third-order valence-electron chi connectivity index (χ3n) is 2.95. The predicted octanol–water partition coefficient (Wildman–Crippen LogP) is 3.75. The van der Waals surface area contributed by atoms with Crippen LogP contribution < -0.4 is 5.84 Å². The van der Waals surface area contributed by atoms with Crippen molar-refractivity contribution < 1.29 is 4.79 Å². The number of hydrogen-bond donors (Lipinski definition) is 1. The maximum absolute atomic E-state index is 12.4. The summed E-state index contributed by atoms with van der Waals surface area (Å²) in [6.07, 6.45) is 0. The molecule has 2 N–H and O–H groups in total. The highest BCUT2D eigenvalue weighted by Gasteiger charge is 2.26. The molecule has 1 aromatic rings. The predicted molar refractivity (Wildman–Crippen MR) is 80.3 cm³/mol. The summed E-state index contributed by atoms with van der Waals surface area (Å²) in [5.41, 5.74) is 1.04. The van der Waals surface area contributed by atoms with Crippen LogP contribution in [0.4, 0.5) is 0 Å². The van der Waals surface area contributed by atoms with Crippen LogP contribution >= 0.6 is 11.6 Å². The van der Waals surface area contributed by atoms with Gasteiger partial charge >= 0.3 is 0 Å². The molecule has 1 rings (SSSR count). The molecule has 0 radical (unpaired) electrons. The van der Waals surface area contributed by atoms with Crippen LogP contribution in [0.1, 0.15) is 57.5 Å². The van der Waals surface area contributed by atoms with E-state index in [1.165, 1.54) is 5.01 Å². The molecule has 0 aromatic heterocycles. The van der Waals surface area contributed by atoms with Gasteiger partial charge in [0.15, 0.2) is 0 Å². The van der Waals surface area contributed by atoms with Gasteiger partial charge in [0.05, 0.1) is 5.54 Å². The number of hydrazine groups is 1. The van der Waals surface area contributed by atoms with Crippen molar-refractivity contribution in [3.05, 3.63) is 34.3 Å². The van der Waals surface area contributed by atoms with Crippen LogP contribution in [0.5, 0.6) is 0 Å². The lowest BCUT2D eigenvalue weighted by molar-refractivity contribution is 0.0581. The maximum atomic E-state index is 12.4. The van der Waals surface area contributed by atoms with E-state index >= 15 is 0 Å². The third kappa shape index (κ3) is 3.95. The highest BCUT2D eigenvalue weighted by molar-refractivity contribution is 6.31. The average Bonchev–Trinajstić information content (AvgIpc) is 2.23. The van der Waals surface area contributed by atoms with Crippen molar-refractivity contribution in [1.82, 2.24) is 5.01 Å². The molecule has 0 aliphatic heterocycles. The second kappa shape index (κ2) is 5.14. The Labute approximate surface area is 120 Å². The molecule has 0 fully saturated rings. The minimum Gasteiger partial charge on any atom is -0.271 e. The summed E-state index contributed by atoms with van der Waals surface area (Å²) in [4.78, 5) is 12.4. The van der Waals surface area contributed by atoms with E-state index in [2.05, 4.69) is 20.8 Å². The summed E-state index contributed by atoms with van der Waals surface area (Å²) in [5, 5.41) is 1.79. The Kier molecular flexibility index (Phi) is 4.33. The third-order valence-corrected chi connectivity index (χ3v) is 3.17. The van der Waals surface area contributed by atoms with Crippen LogP contribution in [0.3, 0.4) is 0 Å². The highest BCUT2D eigenvalue weighted by Crippen LogP contribution is 2.27. The average molecular weight is 283 g/mol. The van der Waals surface area contributed by atoms with Gasteiger partial charge in [-0.05, 0) is 49.9 Å². The van der Waals surface area contributed by atoms with E-state index in [1.54, 1.807) is 6.07 Å². The van der Waals surface area contributed by atoms with Crippen LogP contribution in [0.15, 0.2) is 18.2 Å². The topological polar surface area (TPSA) is 46.3 Å². The molecule has 1 amide bonds. The molecule has 0 heterocycles. The van der Waals surface area contributed by atoms with Crippen LogP contribution in [-0.2, 0) is 5.41 Å². The quantitative estimate of drug-likeness (QED) is 0.484. The summed E-state index contributed by atoms with van der Waals surface area (Å²) in [7, 11) is 0. The van der Waals surface area contributed by atoms with E-state index in [0.29, 0.717) is 10.6 Å². The lowest BCUT2D eigenvalue weighted by Gasteiger charge is -2.31. The molecule has 1 aromatic carbocycles. The van der Waals surface area contributed by atoms with Crippen molar-refractivity contribution in [2.45, 2.75) is 52.5 Å². The fraction of sp³-hybridized carbons (Fsp3) is 0.533. The normalized spacial score (nSPS) is 12.4. The molecule has 0 unspecified atom stereocenters. The van der Waals surface area contributed by atoms with E-state index in [9.17, 15) is 4.79 Å². The highest BCUT2D eigenvalue weighted by atomic mass is 35.5. The van der Waals surface area contributed by atoms with Gasteiger partial charge in [-0.2, -0.15) is 0 Å². The molecule has 19 heavy (non-hydrogen) atoms. The number of hydrogen-bond acceptors (Lipinski definition) is 2. The maximum Gasteiger partial charge on any atom is 0.268 e. The van der Waals surface area contributed by atoms with Crippen LogP contribution in [-0.4, -0.2) is 16.5 Å². The van der Waals surface area contributed by atoms with Gasteiger partial charge in [0.25, 0.3) is 5.91 Å². The molecule has 0 saturated carbocycles. The van der Waals surface area contributed by atoms with Crippen molar-refractivity contribution in [1.29, 1.82) is 0 Å². The second-order valence-electron chi connectivity index (χ2n) is 6.82. The first-order valence-electron chi connectivity index (χ1n) is 6.33. The Hall–Kier alpha value is -1.06. The summed E-state index contributed by atoms with van der Waals surface area (Å²) in [6, 6.07) is 5.40. The van der Waals surface area contributed by atoms with E-state index < -0.39 is 5.54 Å². The van der Waals surface area contributed by atoms with Gasteiger partial charge in [0.2, 0.25) is 0 Å². The number of nitrogens with zero attached hydrogens (tertiary/aromatic N) is 1. The first-order chi connectivity index (χ1) is 8.43. The first kappa shape index (κ1) is 16.0. The fourth-order valence-corrected chi connectivity index (χ4v) is 1.82. The van der Waals surface area contributed by atoms with Gasteiger partial charge in [-0.3, -0.25) is 9.80 Å². The Morgan fingerprint density at radius 1 is 1.11 bits per heavy atom. The van der Waals surface area contributed by atoms with Crippen molar-refractivity contribution >= 4 is 17.5 Å². The lowest BCUT2D eigenvalue weighted by atomic mass is 9.86. The van der Waals surface area contributed by atoms with Gasteiger partial charge < -0.3 is 0 Å². The Bertz CT molecular complexity index is 484. The standard InChI is InChI=1S/C15H23ClN2O/c1-14(2,3)11-7-10(8-12(16)9-11)13(19)18(17)15(4,5)6/h7-9H,17H2,1-6H3. The number of halogens is 1. The van der Waals surface area contributed by atoms with E-state index in [0.717, 1.165) is 5.56 Å². The molecular formula is C15H23ClN2O. The molecule has 0 bridgehead atoms. The minimum atomic E-state index is -0.429. The van der Waals surface area contributed by atoms with Gasteiger partial charge in [-0.25, -0.2) is 5.84 Å². The van der Waals surface area contributed by atoms with Crippen LogP contribution in [0.2, 0.25) is 5.02 Å². The van der Waals surface area contributed by atoms with Crippen molar-refractivity contribution in [2.75, 3.05) is 0 Å². The summed E-state index contributed by atoms with van der Waals surface area (Å²) in [5.74, 6) is 5.65. The van der Waals surface area contributed by atoms with Gasteiger partial charge in [-0.15, -0.1) is 0 Å². The van der Waals surface area contributed by atoms with E-state index in [4.69, 9.17) is 17.4 Å². The Morgan fingerprint density at radius 2 is 1.63 bits per heavy atom. The van der Waals surface area contributed by atoms with E-state index in [-0.39, 0.29) is 11.3 Å². The van der Waals surface area contributed by atoms with Crippen molar-refractivity contribution in [2.24, 2.45) is 5.84 Å². The smallest absolute Gasteiger partial charge is 0.268 e. The van der Waals surface area contributed by atoms with E-state index in [1.807, 2.05) is 32.9 Å². The van der Waals surface area contributed by atoms with Crippen LogP contribution in [0.25, 0.3) is 0 Å². The van der Waals surface area contributed by atoms with Crippen molar-refractivity contribution in [3.63, 3.8) is 0 Å². The molecule has 3 nitrogen and oxygen atoms in total. The molecule has 106 valence electrons. The molecular weight excluding hydrogens is 260 g/mol. The molecule has 0 aliphatic rings. The van der Waals surface area contributed by atoms with Crippen molar-refractivity contribution in [3.8, 4) is 0 Å². The molecule has 0 saturated heterocycles. The zero-order valence-corrected chi connectivity index (χ0v) is 13.3. The molecule has 0 atom stereocenters. The van der Waals surface area contributed by atoms with Gasteiger partial charge in [0, 0.05) is 10.6 Å². The minimum absolute atomic E-state index is 0.0684. The first-order valence-corrected chi connectivity index (χ1v) is 6.71. The largest absolute Gasteiger partial charge is 0.271 e. The lowest BCUT2D eigenvalue weighted by Crippen LogP contribution is -2.50. The zero-order chi connectivity index (χ0) is 15.0. The van der Waals surface area contributed by atoms with Crippen LogP contribution in [0, 0.1) is 0 Å². The number of amides is 1. The number of carbonyl (C=O) groups is 1. The molecule has 0 aliphatic carbocycles. The zero-order valence-electron chi connectivity index (χ0n) is 12.5. The number of rotatable bonds is 1. The Morgan fingerprint density at radius 3 is 2.05 bits per heavy atom. The fourth-order valence-electron chi connectivity index (χ4n) is 1.59. The van der Waals surface area contributed by atoms with Gasteiger partial charge in [-0.1, -0.05) is 32.4 Å². The molecule has 0 spiro atoms. The summed E-state index contributed by atoms with van der Waals surface area (Å²) in [6.45, 7) is 11.9. The number of benzene rings is 1. The number of carbonyl (C=O) groups excluding carboxylic acids is 1. The Balaban J connectivity index is 3.22. The molecule has 4 heteroatoms. The summed E-state index contributed by atoms with van der Waals surface area (Å²) < 4.78 is 0. The second-order valence-corrected chi connectivity index (χ2v) is 7.26. The SMILES string of the molecule is CC(C)(C)c1cc(Cl)cc(C(=O)N(N)C(C)(C)C)c1.